The zero-order chi connectivity index (χ0) is 19.0. The Bertz CT molecular complexity index is 981. The van der Waals surface area contributed by atoms with Crippen molar-refractivity contribution in [3.8, 4) is 11.8 Å². The third-order valence-electron chi connectivity index (χ3n) is 5.12. The minimum Gasteiger partial charge on any atom is -0.497 e. The van der Waals surface area contributed by atoms with Crippen LogP contribution in [0.25, 0.3) is 0 Å². The highest BCUT2D eigenvalue weighted by Crippen LogP contribution is 2.46. The number of benzene rings is 1. The van der Waals surface area contributed by atoms with Crippen LogP contribution in [0.5, 0.6) is 5.75 Å². The molecule has 136 valence electrons. The highest BCUT2D eigenvalue weighted by atomic mass is 32.1. The lowest BCUT2D eigenvalue weighted by atomic mass is 9.76. The summed E-state index contributed by atoms with van der Waals surface area (Å²) < 4.78 is 5.24. The zero-order valence-electron chi connectivity index (χ0n) is 14.9. The smallest absolute Gasteiger partial charge is 0.161 e. The lowest BCUT2D eigenvalue weighted by molar-refractivity contribution is -0.116. The molecule has 1 aromatic carbocycles. The molecule has 2 N–H and O–H groups in total. The average Bonchev–Trinajstić information content (AvgIpc) is 3.22. The van der Waals surface area contributed by atoms with Crippen molar-refractivity contribution < 1.29 is 9.53 Å². The molecule has 1 aliphatic carbocycles. The number of methoxy groups -OCH3 is 1. The predicted molar refractivity (Wildman–Crippen MR) is 105 cm³/mol. The first kappa shape index (κ1) is 17.4. The van der Waals surface area contributed by atoms with Crippen LogP contribution in [-0.4, -0.2) is 12.9 Å². The maximum Gasteiger partial charge on any atom is 0.161 e. The van der Waals surface area contributed by atoms with Gasteiger partial charge in [0.15, 0.2) is 5.78 Å². The van der Waals surface area contributed by atoms with Gasteiger partial charge in [-0.2, -0.15) is 16.6 Å². The number of carbonyl (C=O) groups is 1. The van der Waals surface area contributed by atoms with Gasteiger partial charge in [-0.3, -0.25) is 9.69 Å². The van der Waals surface area contributed by atoms with Gasteiger partial charge in [0, 0.05) is 23.4 Å². The van der Waals surface area contributed by atoms with Crippen LogP contribution in [0.1, 0.15) is 30.7 Å². The van der Waals surface area contributed by atoms with Gasteiger partial charge in [0.2, 0.25) is 0 Å². The number of anilines is 1. The van der Waals surface area contributed by atoms with Crippen molar-refractivity contribution >= 4 is 22.8 Å². The predicted octanol–water partition coefficient (Wildman–Crippen LogP) is 4.06. The van der Waals surface area contributed by atoms with Gasteiger partial charge in [-0.1, -0.05) is 0 Å². The van der Waals surface area contributed by atoms with Gasteiger partial charge in [0.1, 0.15) is 11.6 Å². The van der Waals surface area contributed by atoms with E-state index in [0.717, 1.165) is 35.5 Å². The number of Topliss-reactive ketones (excluding diaryl/α,β-unsaturated/α-hetero) is 1. The molecule has 1 aromatic heterocycles. The van der Waals surface area contributed by atoms with Crippen LogP contribution in [0, 0.1) is 11.3 Å². The van der Waals surface area contributed by atoms with Gasteiger partial charge < -0.3 is 10.5 Å². The fourth-order valence-corrected chi connectivity index (χ4v) is 4.57. The molecule has 1 aliphatic heterocycles. The number of ketones is 1. The van der Waals surface area contributed by atoms with Crippen molar-refractivity contribution in [3.05, 3.63) is 69.3 Å². The van der Waals surface area contributed by atoms with E-state index in [4.69, 9.17) is 10.5 Å². The Morgan fingerprint density at radius 2 is 2.04 bits per heavy atom. The first-order valence-electron chi connectivity index (χ1n) is 8.78. The molecule has 1 unspecified atom stereocenters. The molecule has 1 atom stereocenters. The van der Waals surface area contributed by atoms with Crippen molar-refractivity contribution in [2.45, 2.75) is 25.2 Å². The highest BCUT2D eigenvalue weighted by molar-refractivity contribution is 7.08. The molecule has 4 rings (SSSR count). The molecule has 6 heteroatoms. The number of nitriles is 1. The van der Waals surface area contributed by atoms with Crippen molar-refractivity contribution in [3.63, 3.8) is 0 Å². The maximum absolute atomic E-state index is 12.9. The number of nitrogens with two attached hydrogens (primary N) is 1. The summed E-state index contributed by atoms with van der Waals surface area (Å²) in [6.07, 6.45) is 2.05. The minimum absolute atomic E-state index is 0.103. The Morgan fingerprint density at radius 3 is 2.67 bits per heavy atom. The summed E-state index contributed by atoms with van der Waals surface area (Å²) in [5.41, 5.74) is 10.3. The molecule has 0 bridgehead atoms. The Hall–Kier alpha value is -3.04. The summed E-state index contributed by atoms with van der Waals surface area (Å²) in [5, 5.41) is 13.8. The molecule has 0 saturated heterocycles. The Kier molecular flexibility index (Phi) is 4.46. The van der Waals surface area contributed by atoms with Gasteiger partial charge in [0.25, 0.3) is 0 Å². The lowest BCUT2D eigenvalue weighted by Crippen LogP contribution is -2.38. The SMILES string of the molecule is COc1ccc(N2C(N)=C(C#N)C(c3ccsc3)C3=C2CCCC3=O)cc1. The average molecular weight is 377 g/mol. The van der Waals surface area contributed by atoms with E-state index < -0.39 is 0 Å². The normalized spacial score (nSPS) is 19.8. The number of hydrogen-bond donors (Lipinski definition) is 1. The van der Waals surface area contributed by atoms with E-state index in [2.05, 4.69) is 6.07 Å². The maximum atomic E-state index is 12.9. The van der Waals surface area contributed by atoms with E-state index in [1.165, 1.54) is 0 Å². The highest BCUT2D eigenvalue weighted by Gasteiger charge is 2.40. The second-order valence-electron chi connectivity index (χ2n) is 6.57. The van der Waals surface area contributed by atoms with Crippen molar-refractivity contribution in [2.75, 3.05) is 12.0 Å². The molecular weight excluding hydrogens is 358 g/mol. The first-order valence-corrected chi connectivity index (χ1v) is 9.72. The van der Waals surface area contributed by atoms with Gasteiger partial charge in [-0.15, -0.1) is 0 Å². The number of hydrogen-bond acceptors (Lipinski definition) is 6. The van der Waals surface area contributed by atoms with Crippen LogP contribution in [-0.2, 0) is 4.79 Å². The summed E-state index contributed by atoms with van der Waals surface area (Å²) in [7, 11) is 1.61. The van der Waals surface area contributed by atoms with Crippen LogP contribution in [0.4, 0.5) is 5.69 Å². The quantitative estimate of drug-likeness (QED) is 0.872. The molecule has 27 heavy (non-hydrogen) atoms. The van der Waals surface area contributed by atoms with Gasteiger partial charge in [-0.25, -0.2) is 0 Å². The molecule has 2 heterocycles. The number of ether oxygens (including phenoxy) is 1. The standard InChI is InChI=1S/C21H19N3O2S/c1-26-15-7-5-14(6-8-15)24-17-3-2-4-18(25)20(17)19(13-9-10-27-12-13)16(11-22)21(24)23/h5-10,12,19H,2-4,23H2,1H3. The van der Waals surface area contributed by atoms with Crippen LogP contribution in [0.15, 0.2) is 63.8 Å². The Balaban J connectivity index is 1.92. The summed E-state index contributed by atoms with van der Waals surface area (Å²) in [6, 6.07) is 11.7. The first-order chi connectivity index (χ1) is 13.2. The molecule has 5 nitrogen and oxygen atoms in total. The van der Waals surface area contributed by atoms with Crippen LogP contribution in [0.2, 0.25) is 0 Å². The molecule has 2 aromatic rings. The number of allylic oxidation sites excluding steroid dienone is 3. The van der Waals surface area contributed by atoms with E-state index >= 15 is 0 Å². The number of carbonyl (C=O) groups excluding carboxylic acids is 1. The molecule has 0 spiro atoms. The van der Waals surface area contributed by atoms with Crippen LogP contribution in [0.3, 0.4) is 0 Å². The van der Waals surface area contributed by atoms with Crippen LogP contribution >= 0.6 is 11.3 Å². The molecule has 0 fully saturated rings. The third-order valence-corrected chi connectivity index (χ3v) is 5.82. The van der Waals surface area contributed by atoms with Gasteiger partial charge in [-0.05, 0) is 59.5 Å². The molecule has 2 aliphatic rings. The second-order valence-corrected chi connectivity index (χ2v) is 7.35. The molecule has 0 radical (unpaired) electrons. The van der Waals surface area contributed by atoms with Crippen molar-refractivity contribution in [1.29, 1.82) is 5.26 Å². The number of rotatable bonds is 3. The summed E-state index contributed by atoms with van der Waals surface area (Å²) in [6.45, 7) is 0. The molecular formula is C21H19N3O2S. The zero-order valence-corrected chi connectivity index (χ0v) is 15.8. The van der Waals surface area contributed by atoms with E-state index in [0.29, 0.717) is 23.4 Å². The monoisotopic (exact) mass is 377 g/mol. The fraction of sp³-hybridized carbons (Fsp3) is 0.238. The summed E-state index contributed by atoms with van der Waals surface area (Å²) in [5.74, 6) is 0.862. The second kappa shape index (κ2) is 6.93. The van der Waals surface area contributed by atoms with Crippen molar-refractivity contribution in [2.24, 2.45) is 5.73 Å². The third kappa shape index (κ3) is 2.81. The van der Waals surface area contributed by atoms with Gasteiger partial charge in [0.05, 0.1) is 24.7 Å². The number of nitrogens with zero attached hydrogens (tertiary/aromatic N) is 2. The largest absolute Gasteiger partial charge is 0.497 e. The topological polar surface area (TPSA) is 79.3 Å². The fourth-order valence-electron chi connectivity index (χ4n) is 3.89. The van der Waals surface area contributed by atoms with E-state index in [1.54, 1.807) is 18.4 Å². The number of thiophene rings is 1. The Labute approximate surface area is 162 Å². The van der Waals surface area contributed by atoms with E-state index in [9.17, 15) is 10.1 Å². The molecule has 0 saturated carbocycles. The Morgan fingerprint density at radius 1 is 1.26 bits per heavy atom. The molecule has 0 amide bonds. The van der Waals surface area contributed by atoms with E-state index in [1.807, 2.05) is 46.0 Å². The van der Waals surface area contributed by atoms with Crippen LogP contribution < -0.4 is 15.4 Å². The van der Waals surface area contributed by atoms with E-state index in [-0.39, 0.29) is 11.7 Å². The summed E-state index contributed by atoms with van der Waals surface area (Å²) in [4.78, 5) is 14.8. The van der Waals surface area contributed by atoms with Crippen molar-refractivity contribution in [1.82, 2.24) is 0 Å². The minimum atomic E-state index is -0.376. The summed E-state index contributed by atoms with van der Waals surface area (Å²) >= 11 is 1.55. The van der Waals surface area contributed by atoms with Gasteiger partial charge >= 0.3 is 0 Å². The lowest BCUT2D eigenvalue weighted by Gasteiger charge is -2.39.